The van der Waals surface area contributed by atoms with Crippen LogP contribution in [0.2, 0.25) is 0 Å². The maximum atomic E-state index is 11.7. The number of nitrogens with one attached hydrogen (secondary N) is 1. The van der Waals surface area contributed by atoms with Crippen LogP contribution in [0, 0.1) is 17.3 Å². The molecule has 4 rings (SSSR count). The number of imidazole rings is 1. The highest BCUT2D eigenvalue weighted by Crippen LogP contribution is 2.37. The summed E-state index contributed by atoms with van der Waals surface area (Å²) in [7, 11) is 0. The second kappa shape index (κ2) is 7.29. The minimum atomic E-state index is -0.680. The Morgan fingerprint density at radius 3 is 2.86 bits per heavy atom. The summed E-state index contributed by atoms with van der Waals surface area (Å²) in [4.78, 5) is 28.3. The van der Waals surface area contributed by atoms with Gasteiger partial charge in [0.05, 0.1) is 22.6 Å². The van der Waals surface area contributed by atoms with E-state index >= 15 is 0 Å². The smallest absolute Gasteiger partial charge is 0.307 e. The van der Waals surface area contributed by atoms with Crippen LogP contribution in [0.25, 0.3) is 21.6 Å². The lowest BCUT2D eigenvalue weighted by Gasteiger charge is -2.42. The molecule has 1 saturated heterocycles. The number of aliphatic carboxylic acids is 1. The fourth-order valence-corrected chi connectivity index (χ4v) is 5.03. The van der Waals surface area contributed by atoms with Crippen molar-refractivity contribution in [2.75, 3.05) is 13.1 Å². The summed E-state index contributed by atoms with van der Waals surface area (Å²) < 4.78 is 0. The van der Waals surface area contributed by atoms with E-state index in [9.17, 15) is 9.90 Å². The Labute approximate surface area is 168 Å². The van der Waals surface area contributed by atoms with Gasteiger partial charge >= 0.3 is 5.97 Å². The number of fused-ring (bicyclic) bond motifs is 1. The largest absolute Gasteiger partial charge is 0.481 e. The molecule has 7 heteroatoms. The number of thiophene rings is 1. The van der Waals surface area contributed by atoms with E-state index in [-0.39, 0.29) is 11.3 Å². The average molecular weight is 399 g/mol. The summed E-state index contributed by atoms with van der Waals surface area (Å²) in [6, 6.07) is 6.15. The van der Waals surface area contributed by atoms with Gasteiger partial charge in [0.25, 0.3) is 0 Å². The quantitative estimate of drug-likeness (QED) is 0.686. The Morgan fingerprint density at radius 1 is 1.29 bits per heavy atom. The Hall–Kier alpha value is -2.25. The number of nitrogens with zero attached hydrogens (tertiary/aromatic N) is 3. The first-order valence-corrected chi connectivity index (χ1v) is 10.5. The summed E-state index contributed by atoms with van der Waals surface area (Å²) in [6.07, 6.45) is 4.25. The van der Waals surface area contributed by atoms with Crippen molar-refractivity contribution < 1.29 is 9.90 Å². The van der Waals surface area contributed by atoms with E-state index < -0.39 is 5.97 Å². The maximum Gasteiger partial charge on any atom is 0.307 e. The van der Waals surface area contributed by atoms with Gasteiger partial charge in [0.15, 0.2) is 0 Å². The van der Waals surface area contributed by atoms with Crippen LogP contribution in [0.1, 0.15) is 32.1 Å². The van der Waals surface area contributed by atoms with Gasteiger partial charge in [0.1, 0.15) is 11.2 Å². The third-order valence-electron chi connectivity index (χ3n) is 5.71. The van der Waals surface area contributed by atoms with Crippen molar-refractivity contribution in [2.45, 2.75) is 33.7 Å². The van der Waals surface area contributed by atoms with E-state index in [0.29, 0.717) is 12.5 Å². The summed E-state index contributed by atoms with van der Waals surface area (Å²) in [5.74, 6) is -0.599. The van der Waals surface area contributed by atoms with Gasteiger partial charge in [0, 0.05) is 30.7 Å². The molecule has 0 aliphatic carbocycles. The zero-order chi connectivity index (χ0) is 19.9. The lowest BCUT2D eigenvalue weighted by Crippen LogP contribution is -2.46. The Morgan fingerprint density at radius 2 is 2.11 bits per heavy atom. The normalized spacial score (nSPS) is 21.2. The molecule has 2 atom stereocenters. The molecule has 2 N–H and O–H groups in total. The minimum Gasteiger partial charge on any atom is -0.481 e. The van der Waals surface area contributed by atoms with Gasteiger partial charge in [-0.15, -0.1) is 11.3 Å². The third-order valence-corrected chi connectivity index (χ3v) is 6.79. The molecule has 4 heterocycles. The van der Waals surface area contributed by atoms with E-state index in [4.69, 9.17) is 0 Å². The average Bonchev–Trinajstić information content (AvgIpc) is 3.29. The number of rotatable bonds is 4. The fourth-order valence-electron chi connectivity index (χ4n) is 3.98. The highest BCUT2D eigenvalue weighted by atomic mass is 32.1. The Balaban J connectivity index is 1.54. The molecular formula is C21H26N4O2S. The van der Waals surface area contributed by atoms with Gasteiger partial charge in [-0.2, -0.15) is 0 Å². The molecule has 6 nitrogen and oxygen atoms in total. The van der Waals surface area contributed by atoms with E-state index in [2.05, 4.69) is 52.8 Å². The number of aromatic amines is 1. The molecule has 0 saturated carbocycles. The number of hydrogen-bond donors (Lipinski definition) is 2. The molecule has 0 bridgehead atoms. The molecule has 1 aliphatic rings. The van der Waals surface area contributed by atoms with Gasteiger partial charge in [-0.25, -0.2) is 4.98 Å². The molecule has 28 heavy (non-hydrogen) atoms. The molecule has 0 aromatic carbocycles. The number of piperidine rings is 1. The second-order valence-electron chi connectivity index (χ2n) is 8.75. The number of aromatic nitrogens is 3. The van der Waals surface area contributed by atoms with Crippen molar-refractivity contribution in [3.63, 3.8) is 0 Å². The third kappa shape index (κ3) is 3.82. The number of carboxylic acids is 1. The van der Waals surface area contributed by atoms with E-state index in [0.717, 1.165) is 41.1 Å². The second-order valence-corrected chi connectivity index (χ2v) is 9.92. The highest BCUT2D eigenvalue weighted by molar-refractivity contribution is 7.15. The summed E-state index contributed by atoms with van der Waals surface area (Å²) in [5.41, 5.74) is 2.86. The van der Waals surface area contributed by atoms with E-state index in [1.54, 1.807) is 23.9 Å². The maximum absolute atomic E-state index is 11.7. The fraction of sp³-hybridized carbons (Fsp3) is 0.476. The highest BCUT2D eigenvalue weighted by Gasteiger charge is 2.37. The zero-order valence-corrected chi connectivity index (χ0v) is 17.3. The van der Waals surface area contributed by atoms with Gasteiger partial charge in [-0.05, 0) is 36.0 Å². The van der Waals surface area contributed by atoms with Gasteiger partial charge < -0.3 is 10.1 Å². The number of carboxylic acid groups (broad SMARTS) is 1. The van der Waals surface area contributed by atoms with Crippen molar-refractivity contribution in [1.29, 1.82) is 0 Å². The minimum absolute atomic E-state index is 0.104. The monoisotopic (exact) mass is 398 g/mol. The van der Waals surface area contributed by atoms with Crippen LogP contribution < -0.4 is 0 Å². The SMILES string of the molecule is CC(C)(C)[C@@H]1C[C@@H](C(=O)O)CN(Cc2ccc(-c3nccc4[nH]cnc34)s2)C1. The van der Waals surface area contributed by atoms with Crippen LogP contribution in [-0.2, 0) is 11.3 Å². The molecule has 0 amide bonds. The van der Waals surface area contributed by atoms with Gasteiger partial charge in [-0.3, -0.25) is 14.7 Å². The number of likely N-dealkylation sites (tertiary alicyclic amines) is 1. The van der Waals surface area contributed by atoms with Crippen LogP contribution in [0.5, 0.6) is 0 Å². The topological polar surface area (TPSA) is 82.1 Å². The van der Waals surface area contributed by atoms with Crippen molar-refractivity contribution in [3.8, 4) is 10.6 Å². The molecule has 3 aromatic heterocycles. The van der Waals surface area contributed by atoms with Crippen LogP contribution >= 0.6 is 11.3 Å². The molecule has 0 radical (unpaired) electrons. The lowest BCUT2D eigenvalue weighted by molar-refractivity contribution is -0.145. The summed E-state index contributed by atoms with van der Waals surface area (Å²) in [5, 5.41) is 9.60. The van der Waals surface area contributed by atoms with Crippen LogP contribution in [0.3, 0.4) is 0 Å². The Kier molecular flexibility index (Phi) is 4.97. The van der Waals surface area contributed by atoms with Crippen molar-refractivity contribution >= 4 is 28.3 Å². The first-order valence-electron chi connectivity index (χ1n) is 9.63. The van der Waals surface area contributed by atoms with Crippen LogP contribution in [0.15, 0.2) is 30.7 Å². The standard InChI is InChI=1S/C21H26N4O2S/c1-21(2,3)14-8-13(20(26)27)9-25(10-14)11-15-4-5-17(28-15)19-18-16(6-7-22-19)23-12-24-18/h4-7,12-14H,8-11H2,1-3H3,(H,23,24)(H,26,27)/t13-,14-/m1/s1. The van der Waals surface area contributed by atoms with Gasteiger partial charge in [-0.1, -0.05) is 20.8 Å². The summed E-state index contributed by atoms with van der Waals surface area (Å²) >= 11 is 1.71. The van der Waals surface area contributed by atoms with Crippen LogP contribution in [0.4, 0.5) is 0 Å². The summed E-state index contributed by atoms with van der Waals surface area (Å²) in [6.45, 7) is 8.95. The van der Waals surface area contributed by atoms with Crippen LogP contribution in [-0.4, -0.2) is 44.0 Å². The van der Waals surface area contributed by atoms with Crippen molar-refractivity contribution in [3.05, 3.63) is 35.6 Å². The van der Waals surface area contributed by atoms with Crippen molar-refractivity contribution in [2.24, 2.45) is 17.3 Å². The number of pyridine rings is 1. The Bertz CT molecular complexity index is 988. The zero-order valence-electron chi connectivity index (χ0n) is 16.5. The molecule has 3 aromatic rings. The first kappa shape index (κ1) is 19.1. The molecule has 148 valence electrons. The molecule has 0 spiro atoms. The predicted octanol–water partition coefficient (Wildman–Crippen LogP) is 4.26. The molecule has 1 fully saturated rings. The first-order chi connectivity index (χ1) is 13.3. The number of carbonyl (C=O) groups is 1. The molecular weight excluding hydrogens is 372 g/mol. The lowest BCUT2D eigenvalue weighted by atomic mass is 9.73. The number of H-pyrrole nitrogens is 1. The molecule has 1 aliphatic heterocycles. The van der Waals surface area contributed by atoms with E-state index in [1.165, 1.54) is 4.88 Å². The van der Waals surface area contributed by atoms with Gasteiger partial charge in [0.2, 0.25) is 0 Å². The molecule has 0 unspecified atom stereocenters. The van der Waals surface area contributed by atoms with E-state index in [1.807, 2.05) is 6.07 Å². The number of hydrogen-bond acceptors (Lipinski definition) is 5. The predicted molar refractivity (Wildman–Crippen MR) is 111 cm³/mol. The van der Waals surface area contributed by atoms with Crippen molar-refractivity contribution in [1.82, 2.24) is 19.9 Å².